The number of para-hydroxylation sites is 1. The number of rotatable bonds is 7. The van der Waals surface area contributed by atoms with Crippen molar-refractivity contribution in [2.24, 2.45) is 0 Å². The Morgan fingerprint density at radius 3 is 3.00 bits per heavy atom. The molecule has 106 valence electrons. The highest BCUT2D eigenvalue weighted by Gasteiger charge is 2.20. The lowest BCUT2D eigenvalue weighted by atomic mass is 10.2. The fraction of sp³-hybridized carbons (Fsp3) is 0.467. The van der Waals surface area contributed by atoms with E-state index < -0.39 is 0 Å². The Morgan fingerprint density at radius 2 is 2.20 bits per heavy atom. The lowest BCUT2D eigenvalue weighted by molar-refractivity contribution is 0.288. The van der Waals surface area contributed by atoms with Gasteiger partial charge in [0.15, 0.2) is 0 Å². The molecule has 1 aliphatic carbocycles. The molecular formula is C15H20N4O. The van der Waals surface area contributed by atoms with Crippen molar-refractivity contribution in [2.45, 2.75) is 38.9 Å². The Labute approximate surface area is 118 Å². The van der Waals surface area contributed by atoms with Crippen molar-refractivity contribution >= 4 is 0 Å². The van der Waals surface area contributed by atoms with Gasteiger partial charge in [-0.3, -0.25) is 0 Å². The molecule has 1 aromatic carbocycles. The Morgan fingerprint density at radius 1 is 1.35 bits per heavy atom. The van der Waals surface area contributed by atoms with Gasteiger partial charge in [-0.1, -0.05) is 23.4 Å². The van der Waals surface area contributed by atoms with Crippen molar-refractivity contribution in [3.8, 4) is 5.75 Å². The number of nitrogens with zero attached hydrogens (tertiary/aromatic N) is 3. The summed E-state index contributed by atoms with van der Waals surface area (Å²) in [6.07, 6.45) is 4.56. The highest BCUT2D eigenvalue weighted by molar-refractivity contribution is 5.31. The predicted molar refractivity (Wildman–Crippen MR) is 76.6 cm³/mol. The molecule has 0 amide bonds. The fourth-order valence-corrected chi connectivity index (χ4v) is 2.03. The summed E-state index contributed by atoms with van der Waals surface area (Å²) in [7, 11) is 0. The van der Waals surface area contributed by atoms with E-state index in [0.29, 0.717) is 19.2 Å². The zero-order valence-corrected chi connectivity index (χ0v) is 11.7. The Hall–Kier alpha value is -1.88. The maximum absolute atomic E-state index is 5.75. The minimum Gasteiger partial charge on any atom is -0.491 e. The molecule has 0 unspecified atom stereocenters. The third-order valence-electron chi connectivity index (χ3n) is 3.41. The molecule has 20 heavy (non-hydrogen) atoms. The minimum absolute atomic E-state index is 0.601. The molecule has 1 saturated carbocycles. The van der Waals surface area contributed by atoms with Gasteiger partial charge in [0.25, 0.3) is 0 Å². The molecule has 0 bridgehead atoms. The number of ether oxygens (including phenoxy) is 1. The van der Waals surface area contributed by atoms with Crippen LogP contribution in [0.5, 0.6) is 5.75 Å². The van der Waals surface area contributed by atoms with Gasteiger partial charge in [0, 0.05) is 18.8 Å². The number of nitrogens with one attached hydrogen (secondary N) is 1. The van der Waals surface area contributed by atoms with E-state index in [1.165, 1.54) is 12.8 Å². The van der Waals surface area contributed by atoms with Gasteiger partial charge in [0.1, 0.15) is 12.4 Å². The summed E-state index contributed by atoms with van der Waals surface area (Å²) in [6, 6.07) is 8.73. The van der Waals surface area contributed by atoms with E-state index in [-0.39, 0.29) is 0 Å². The quantitative estimate of drug-likeness (QED) is 0.836. The lowest BCUT2D eigenvalue weighted by Crippen LogP contribution is -2.15. The molecular weight excluding hydrogens is 252 g/mol. The van der Waals surface area contributed by atoms with Gasteiger partial charge in [-0.25, -0.2) is 4.68 Å². The summed E-state index contributed by atoms with van der Waals surface area (Å²) in [6.45, 7) is 4.17. The molecule has 0 aliphatic heterocycles. The maximum Gasteiger partial charge on any atom is 0.122 e. The minimum atomic E-state index is 0.601. The van der Waals surface area contributed by atoms with E-state index in [1.807, 2.05) is 42.1 Å². The van der Waals surface area contributed by atoms with Crippen LogP contribution in [0.1, 0.15) is 24.1 Å². The number of aromatic nitrogens is 3. The number of hydrogen-bond donors (Lipinski definition) is 1. The fourth-order valence-electron chi connectivity index (χ4n) is 2.03. The van der Waals surface area contributed by atoms with Crippen LogP contribution in [0, 0.1) is 6.92 Å². The highest BCUT2D eigenvalue weighted by atomic mass is 16.5. The average Bonchev–Trinajstić information content (AvgIpc) is 3.18. The summed E-state index contributed by atoms with van der Waals surface area (Å²) in [4.78, 5) is 0. The second-order valence-corrected chi connectivity index (χ2v) is 5.24. The average molecular weight is 272 g/mol. The third kappa shape index (κ3) is 3.57. The monoisotopic (exact) mass is 272 g/mol. The second-order valence-electron chi connectivity index (χ2n) is 5.24. The Balaban J connectivity index is 1.45. The van der Waals surface area contributed by atoms with Crippen molar-refractivity contribution in [2.75, 3.05) is 6.61 Å². The first-order chi connectivity index (χ1) is 9.81. The molecule has 5 heteroatoms. The van der Waals surface area contributed by atoms with Gasteiger partial charge in [-0.05, 0) is 31.4 Å². The number of benzene rings is 1. The molecule has 5 nitrogen and oxygen atoms in total. The van der Waals surface area contributed by atoms with Crippen LogP contribution in [0.15, 0.2) is 30.5 Å². The van der Waals surface area contributed by atoms with Crippen LogP contribution in [-0.2, 0) is 13.1 Å². The van der Waals surface area contributed by atoms with Crippen LogP contribution in [0.4, 0.5) is 0 Å². The Kier molecular flexibility index (Phi) is 3.97. The third-order valence-corrected chi connectivity index (χ3v) is 3.41. The largest absolute Gasteiger partial charge is 0.491 e. The number of aryl methyl sites for hydroxylation is 1. The molecule has 2 aromatic rings. The van der Waals surface area contributed by atoms with E-state index in [1.54, 1.807) is 0 Å². The van der Waals surface area contributed by atoms with Crippen molar-refractivity contribution in [3.63, 3.8) is 0 Å². The van der Waals surface area contributed by atoms with E-state index in [0.717, 1.165) is 23.6 Å². The first-order valence-corrected chi connectivity index (χ1v) is 7.12. The van der Waals surface area contributed by atoms with E-state index in [4.69, 9.17) is 4.74 Å². The van der Waals surface area contributed by atoms with Crippen LogP contribution < -0.4 is 10.1 Å². The number of hydrogen-bond acceptors (Lipinski definition) is 4. The van der Waals surface area contributed by atoms with Crippen molar-refractivity contribution in [1.82, 2.24) is 20.3 Å². The van der Waals surface area contributed by atoms with Gasteiger partial charge in [-0.2, -0.15) is 0 Å². The molecule has 1 aromatic heterocycles. The van der Waals surface area contributed by atoms with Gasteiger partial charge in [0.05, 0.1) is 12.2 Å². The molecule has 0 spiro atoms. The topological polar surface area (TPSA) is 52.0 Å². The van der Waals surface area contributed by atoms with E-state index >= 15 is 0 Å². The molecule has 0 atom stereocenters. The van der Waals surface area contributed by atoms with Crippen LogP contribution >= 0.6 is 0 Å². The first-order valence-electron chi connectivity index (χ1n) is 7.12. The summed E-state index contributed by atoms with van der Waals surface area (Å²) >= 11 is 0. The summed E-state index contributed by atoms with van der Waals surface area (Å²) in [5.74, 6) is 0.934. The Bertz CT molecular complexity index is 563. The van der Waals surface area contributed by atoms with E-state index in [2.05, 4.69) is 15.6 Å². The van der Waals surface area contributed by atoms with Gasteiger partial charge >= 0.3 is 0 Å². The van der Waals surface area contributed by atoms with Crippen LogP contribution in [0.3, 0.4) is 0 Å². The van der Waals surface area contributed by atoms with Crippen LogP contribution in [-0.4, -0.2) is 27.6 Å². The van der Waals surface area contributed by atoms with Gasteiger partial charge < -0.3 is 10.1 Å². The molecule has 1 fully saturated rings. The summed E-state index contributed by atoms with van der Waals surface area (Å²) < 4.78 is 7.59. The van der Waals surface area contributed by atoms with Crippen LogP contribution in [0.25, 0.3) is 0 Å². The lowest BCUT2D eigenvalue weighted by Gasteiger charge is -2.08. The van der Waals surface area contributed by atoms with Crippen molar-refractivity contribution in [3.05, 3.63) is 41.7 Å². The molecule has 1 heterocycles. The molecule has 1 aliphatic rings. The molecule has 3 rings (SSSR count). The zero-order valence-electron chi connectivity index (χ0n) is 11.7. The summed E-state index contributed by atoms with van der Waals surface area (Å²) in [5, 5.41) is 11.7. The standard InChI is InChI=1S/C15H20N4O/c1-12-4-2-3-5-15(12)20-9-8-19-11-14(17-18-19)10-16-13-6-7-13/h2-5,11,13,16H,6-10H2,1H3. The highest BCUT2D eigenvalue weighted by Crippen LogP contribution is 2.19. The van der Waals surface area contributed by atoms with Crippen molar-refractivity contribution < 1.29 is 4.74 Å². The van der Waals surface area contributed by atoms with Gasteiger partial charge in [-0.15, -0.1) is 5.10 Å². The first kappa shape index (κ1) is 13.1. The smallest absolute Gasteiger partial charge is 0.122 e. The zero-order chi connectivity index (χ0) is 13.8. The van der Waals surface area contributed by atoms with Crippen molar-refractivity contribution in [1.29, 1.82) is 0 Å². The normalized spacial score (nSPS) is 14.4. The predicted octanol–water partition coefficient (Wildman–Crippen LogP) is 1.92. The molecule has 1 N–H and O–H groups in total. The molecule has 0 saturated heterocycles. The van der Waals surface area contributed by atoms with Gasteiger partial charge in [0.2, 0.25) is 0 Å². The SMILES string of the molecule is Cc1ccccc1OCCn1cc(CNC2CC2)nn1. The van der Waals surface area contributed by atoms with E-state index in [9.17, 15) is 0 Å². The molecule has 0 radical (unpaired) electrons. The second kappa shape index (κ2) is 6.05. The van der Waals surface area contributed by atoms with Crippen LogP contribution in [0.2, 0.25) is 0 Å². The summed E-state index contributed by atoms with van der Waals surface area (Å²) in [5.41, 5.74) is 2.15. The maximum atomic E-state index is 5.75.